The van der Waals surface area contributed by atoms with Gasteiger partial charge < -0.3 is 25.6 Å². The average molecular weight is 691 g/mol. The molecule has 0 spiro atoms. The monoisotopic (exact) mass is 689 g/mol. The molecule has 0 amide bonds. The van der Waals surface area contributed by atoms with Crippen LogP contribution >= 0.6 is 23.9 Å². The van der Waals surface area contributed by atoms with E-state index in [1.54, 1.807) is 25.7 Å². The van der Waals surface area contributed by atoms with E-state index in [1.165, 1.54) is 50.0 Å². The molecule has 7 rings (SSSR count). The second kappa shape index (κ2) is 12.9. The molecule has 2 aromatic carbocycles. The number of ether oxygens (including phenoxy) is 1. The topological polar surface area (TPSA) is 103 Å². The summed E-state index contributed by atoms with van der Waals surface area (Å²) >= 11 is 3.64. The van der Waals surface area contributed by atoms with Crippen molar-refractivity contribution in [2.45, 2.75) is 50.7 Å². The quantitative estimate of drug-likeness (QED) is 0.178. The Morgan fingerprint density at radius 2 is 1.71 bits per heavy atom. The van der Waals surface area contributed by atoms with E-state index in [1.807, 2.05) is 6.07 Å². The molecular formula is C33H41BrN9OP. The molecule has 45 heavy (non-hydrogen) atoms. The summed E-state index contributed by atoms with van der Waals surface area (Å²) in [5, 5.41) is 11.9. The predicted octanol–water partition coefficient (Wildman–Crippen LogP) is 5.76. The summed E-state index contributed by atoms with van der Waals surface area (Å²) in [5.74, 6) is 1.92. The lowest BCUT2D eigenvalue weighted by molar-refractivity contribution is 0.0621. The van der Waals surface area contributed by atoms with Crippen molar-refractivity contribution in [3.63, 3.8) is 0 Å². The highest BCUT2D eigenvalue weighted by Crippen LogP contribution is 2.38. The van der Waals surface area contributed by atoms with Crippen molar-refractivity contribution in [2.75, 3.05) is 62.2 Å². The molecule has 0 unspecified atom stereocenters. The molecule has 2 aliphatic heterocycles. The van der Waals surface area contributed by atoms with Gasteiger partial charge in [0.25, 0.3) is 0 Å². The van der Waals surface area contributed by atoms with E-state index in [0.717, 1.165) is 57.1 Å². The Labute approximate surface area is 274 Å². The number of fused-ring (bicyclic) bond motifs is 1. The van der Waals surface area contributed by atoms with Gasteiger partial charge in [-0.15, -0.1) is 0 Å². The summed E-state index contributed by atoms with van der Waals surface area (Å²) in [6.07, 6.45) is 10.4. The van der Waals surface area contributed by atoms with Gasteiger partial charge in [-0.25, -0.2) is 4.98 Å². The lowest BCUT2D eigenvalue weighted by Crippen LogP contribution is -2.62. The molecule has 2 saturated heterocycles. The maximum atomic E-state index is 5.88. The van der Waals surface area contributed by atoms with Gasteiger partial charge in [-0.05, 0) is 85.6 Å². The number of aromatic nitrogens is 4. The lowest BCUT2D eigenvalue weighted by atomic mass is 9.96. The SMILES string of the molecule is COc1cc(N2CCC(N3CC(NC4CC4)C3)CC2)c(C)cc1Nc1ncc(Br)c(Nc2ccc3nccnc3c2P(C)C)n1. The van der Waals surface area contributed by atoms with Crippen molar-refractivity contribution in [3.8, 4) is 5.75 Å². The number of anilines is 5. The Bertz CT molecular complexity index is 1690. The number of benzene rings is 2. The van der Waals surface area contributed by atoms with Gasteiger partial charge in [0.05, 0.1) is 28.3 Å². The fourth-order valence-corrected chi connectivity index (χ4v) is 8.09. The van der Waals surface area contributed by atoms with Crippen LogP contribution in [0.15, 0.2) is 47.3 Å². The Kier molecular flexibility index (Phi) is 8.79. The van der Waals surface area contributed by atoms with Crippen molar-refractivity contribution < 1.29 is 4.74 Å². The summed E-state index contributed by atoms with van der Waals surface area (Å²) < 4.78 is 6.64. The van der Waals surface area contributed by atoms with Crippen molar-refractivity contribution in [1.82, 2.24) is 30.2 Å². The Hall–Kier alpha value is -3.11. The molecule has 4 aromatic rings. The maximum absolute atomic E-state index is 5.88. The number of methoxy groups -OCH3 is 1. The van der Waals surface area contributed by atoms with Gasteiger partial charge in [-0.1, -0.05) is 7.92 Å². The molecule has 3 aliphatic rings. The van der Waals surface area contributed by atoms with E-state index in [4.69, 9.17) is 9.72 Å². The summed E-state index contributed by atoms with van der Waals surface area (Å²) in [6, 6.07) is 10.5. The van der Waals surface area contributed by atoms with Crippen LogP contribution in [0, 0.1) is 6.92 Å². The van der Waals surface area contributed by atoms with Crippen LogP contribution < -0.4 is 30.9 Å². The summed E-state index contributed by atoms with van der Waals surface area (Å²) in [6.45, 7) is 11.2. The van der Waals surface area contributed by atoms with Crippen molar-refractivity contribution in [1.29, 1.82) is 0 Å². The van der Waals surface area contributed by atoms with Gasteiger partial charge in [0.1, 0.15) is 11.6 Å². The molecule has 3 N–H and O–H groups in total. The zero-order valence-corrected chi connectivity index (χ0v) is 28.8. The molecule has 12 heteroatoms. The van der Waals surface area contributed by atoms with Gasteiger partial charge in [-0.3, -0.25) is 14.9 Å². The van der Waals surface area contributed by atoms with Gasteiger partial charge in [0.2, 0.25) is 5.95 Å². The van der Waals surface area contributed by atoms with Gasteiger partial charge in [0.15, 0.2) is 0 Å². The normalized spacial score (nSPS) is 18.0. The molecule has 0 radical (unpaired) electrons. The first-order chi connectivity index (χ1) is 21.9. The smallest absolute Gasteiger partial charge is 0.229 e. The van der Waals surface area contributed by atoms with E-state index >= 15 is 0 Å². The third-order valence-corrected chi connectivity index (χ3v) is 11.0. The molecule has 2 aromatic heterocycles. The fourth-order valence-electron chi connectivity index (χ4n) is 6.59. The first kappa shape index (κ1) is 30.5. The third-order valence-electron chi connectivity index (χ3n) is 9.10. The van der Waals surface area contributed by atoms with Crippen LogP contribution in [0.5, 0.6) is 5.75 Å². The number of hydrogen-bond acceptors (Lipinski definition) is 10. The Morgan fingerprint density at radius 3 is 2.44 bits per heavy atom. The summed E-state index contributed by atoms with van der Waals surface area (Å²) in [5.41, 5.74) is 6.04. The molecule has 1 aliphatic carbocycles. The summed E-state index contributed by atoms with van der Waals surface area (Å²) in [4.78, 5) is 23.7. The van der Waals surface area contributed by atoms with Crippen LogP contribution in [-0.2, 0) is 0 Å². The molecular weight excluding hydrogens is 649 g/mol. The number of piperidine rings is 1. The molecule has 1 saturated carbocycles. The zero-order valence-electron chi connectivity index (χ0n) is 26.3. The molecule has 3 fully saturated rings. The second-order valence-electron chi connectivity index (χ2n) is 12.6. The minimum absolute atomic E-state index is 0.460. The van der Waals surface area contributed by atoms with Crippen molar-refractivity contribution in [2.24, 2.45) is 0 Å². The highest BCUT2D eigenvalue weighted by molar-refractivity contribution is 9.10. The van der Waals surface area contributed by atoms with Crippen LogP contribution in [0.2, 0.25) is 0 Å². The van der Waals surface area contributed by atoms with E-state index in [0.29, 0.717) is 23.8 Å². The summed E-state index contributed by atoms with van der Waals surface area (Å²) in [7, 11) is 1.26. The van der Waals surface area contributed by atoms with Gasteiger partial charge in [-0.2, -0.15) is 4.98 Å². The minimum atomic E-state index is -0.460. The van der Waals surface area contributed by atoms with Crippen LogP contribution in [0.25, 0.3) is 11.0 Å². The molecule has 0 atom stereocenters. The lowest BCUT2D eigenvalue weighted by Gasteiger charge is -2.48. The van der Waals surface area contributed by atoms with E-state index in [2.05, 4.69) is 95.1 Å². The Morgan fingerprint density at radius 1 is 0.933 bits per heavy atom. The number of likely N-dealkylation sites (tertiary alicyclic amines) is 1. The van der Waals surface area contributed by atoms with E-state index in [-0.39, 0.29) is 0 Å². The largest absolute Gasteiger partial charge is 0.494 e. The zero-order chi connectivity index (χ0) is 31.1. The second-order valence-corrected chi connectivity index (χ2v) is 15.7. The van der Waals surface area contributed by atoms with Crippen LogP contribution in [0.1, 0.15) is 31.2 Å². The average Bonchev–Trinajstić information content (AvgIpc) is 3.85. The first-order valence-electron chi connectivity index (χ1n) is 15.8. The van der Waals surface area contributed by atoms with Gasteiger partial charge in [0, 0.05) is 85.6 Å². The third kappa shape index (κ3) is 6.59. The standard InChI is InChI=1S/C33H41BrN9OP/c1-20-15-27(29(44-2)16-28(20)42-13-9-23(10-14-42)43-18-22(19-43)38-21-5-6-21)40-33-37-17-24(34)32(41-33)39-26-8-7-25-30(31(26)45(3)4)36-12-11-35-25/h7-8,11-12,15-17,21-23,38H,5-6,9-10,13-14,18-19H2,1-4H3,(H2,37,39,40,41). The first-order valence-corrected chi connectivity index (χ1v) is 18.8. The Balaban J connectivity index is 1.05. The maximum Gasteiger partial charge on any atom is 0.229 e. The number of halogens is 1. The van der Waals surface area contributed by atoms with Crippen molar-refractivity contribution in [3.05, 3.63) is 52.9 Å². The fraction of sp³-hybridized carbons (Fsp3) is 0.455. The number of nitrogens with one attached hydrogen (secondary N) is 3. The van der Waals surface area contributed by atoms with Crippen LogP contribution in [0.3, 0.4) is 0 Å². The number of hydrogen-bond donors (Lipinski definition) is 3. The number of nitrogens with zero attached hydrogens (tertiary/aromatic N) is 6. The number of rotatable bonds is 10. The molecule has 4 heterocycles. The molecule has 0 bridgehead atoms. The van der Waals surface area contributed by atoms with Crippen LogP contribution in [-0.4, -0.2) is 89.6 Å². The van der Waals surface area contributed by atoms with E-state index < -0.39 is 7.92 Å². The van der Waals surface area contributed by atoms with Crippen molar-refractivity contribution >= 4 is 69.0 Å². The van der Waals surface area contributed by atoms with E-state index in [9.17, 15) is 0 Å². The number of aryl methyl sites for hydroxylation is 1. The predicted molar refractivity (Wildman–Crippen MR) is 189 cm³/mol. The van der Waals surface area contributed by atoms with Gasteiger partial charge >= 0.3 is 0 Å². The van der Waals surface area contributed by atoms with Crippen LogP contribution in [0.4, 0.5) is 28.8 Å². The molecule has 10 nitrogen and oxygen atoms in total. The highest BCUT2D eigenvalue weighted by Gasteiger charge is 2.37. The minimum Gasteiger partial charge on any atom is -0.494 e. The molecule has 236 valence electrons. The highest BCUT2D eigenvalue weighted by atomic mass is 79.9.